The Morgan fingerprint density at radius 3 is 2.83 bits per heavy atom. The van der Waals surface area contributed by atoms with Crippen molar-refractivity contribution < 1.29 is 4.79 Å². The van der Waals surface area contributed by atoms with Crippen LogP contribution in [-0.2, 0) is 24.2 Å². The third-order valence-corrected chi connectivity index (χ3v) is 5.80. The Morgan fingerprint density at radius 2 is 2.17 bits per heavy atom. The van der Waals surface area contributed by atoms with E-state index in [9.17, 15) is 9.59 Å². The summed E-state index contributed by atoms with van der Waals surface area (Å²) < 4.78 is 1.74. The van der Waals surface area contributed by atoms with Crippen LogP contribution in [0.15, 0.2) is 4.79 Å². The van der Waals surface area contributed by atoms with Gasteiger partial charge in [-0.3, -0.25) is 14.2 Å². The molecule has 0 bridgehead atoms. The molecule has 1 atom stereocenters. The van der Waals surface area contributed by atoms with E-state index in [1.807, 2.05) is 13.8 Å². The molecule has 2 aromatic rings. The molecule has 0 fully saturated rings. The third-order valence-electron chi connectivity index (χ3n) is 4.65. The lowest BCUT2D eigenvalue weighted by molar-refractivity contribution is -0.117. The summed E-state index contributed by atoms with van der Waals surface area (Å²) in [6.45, 7) is 8.37. The lowest BCUT2D eigenvalue weighted by Gasteiger charge is -2.18. The maximum Gasteiger partial charge on any atom is 0.262 e. The molecule has 1 unspecified atom stereocenters. The molecule has 2 heterocycles. The summed E-state index contributed by atoms with van der Waals surface area (Å²) >= 11 is 1.69. The molecule has 1 aliphatic carbocycles. The second-order valence-corrected chi connectivity index (χ2v) is 8.15. The second kappa shape index (κ2) is 6.19. The van der Waals surface area contributed by atoms with Gasteiger partial charge in [0.2, 0.25) is 0 Å². The van der Waals surface area contributed by atoms with Gasteiger partial charge in [0, 0.05) is 23.8 Å². The van der Waals surface area contributed by atoms with Crippen molar-refractivity contribution in [1.82, 2.24) is 9.55 Å². The minimum atomic E-state index is 0.0482. The van der Waals surface area contributed by atoms with Crippen molar-refractivity contribution in [2.45, 2.75) is 65.8 Å². The van der Waals surface area contributed by atoms with Gasteiger partial charge in [-0.15, -0.1) is 11.3 Å². The Bertz CT molecular complexity index is 817. The highest BCUT2D eigenvalue weighted by molar-refractivity contribution is 7.18. The van der Waals surface area contributed by atoms with Crippen LogP contribution < -0.4 is 5.56 Å². The summed E-state index contributed by atoms with van der Waals surface area (Å²) in [6.07, 6.45) is 3.55. The van der Waals surface area contributed by atoms with Crippen LogP contribution in [0, 0.1) is 5.92 Å². The third kappa shape index (κ3) is 2.99. The number of rotatable bonds is 4. The molecule has 0 saturated heterocycles. The number of aromatic nitrogens is 2. The normalized spacial score (nSPS) is 17.7. The molecule has 0 aromatic carbocycles. The van der Waals surface area contributed by atoms with E-state index in [1.165, 1.54) is 10.4 Å². The minimum Gasteiger partial charge on any atom is -0.300 e. The topological polar surface area (TPSA) is 52.0 Å². The molecular formula is C18H24N2O2S. The van der Waals surface area contributed by atoms with E-state index >= 15 is 0 Å². The van der Waals surface area contributed by atoms with Crippen LogP contribution >= 0.6 is 11.3 Å². The van der Waals surface area contributed by atoms with Crippen molar-refractivity contribution in [3.8, 4) is 0 Å². The molecule has 0 amide bonds. The van der Waals surface area contributed by atoms with Gasteiger partial charge < -0.3 is 0 Å². The molecule has 0 aliphatic heterocycles. The van der Waals surface area contributed by atoms with Crippen LogP contribution in [0.2, 0.25) is 0 Å². The van der Waals surface area contributed by atoms with Gasteiger partial charge in [0.1, 0.15) is 16.4 Å². The Kier molecular flexibility index (Phi) is 4.41. The zero-order chi connectivity index (χ0) is 16.7. The molecular weight excluding hydrogens is 308 g/mol. The highest BCUT2D eigenvalue weighted by Crippen LogP contribution is 2.36. The minimum absolute atomic E-state index is 0.0482. The van der Waals surface area contributed by atoms with Crippen LogP contribution in [0.3, 0.4) is 0 Å². The monoisotopic (exact) mass is 332 g/mol. The quantitative estimate of drug-likeness (QED) is 0.858. The number of thiophene rings is 1. The van der Waals surface area contributed by atoms with E-state index in [-0.39, 0.29) is 17.3 Å². The van der Waals surface area contributed by atoms with Gasteiger partial charge in [-0.1, -0.05) is 20.8 Å². The Labute approximate surface area is 140 Å². The average molecular weight is 332 g/mol. The van der Waals surface area contributed by atoms with Gasteiger partial charge in [0.25, 0.3) is 5.56 Å². The molecule has 0 spiro atoms. The van der Waals surface area contributed by atoms with Crippen molar-refractivity contribution in [3.05, 3.63) is 26.6 Å². The van der Waals surface area contributed by atoms with Crippen LogP contribution in [0.5, 0.6) is 0 Å². The number of carbonyl (C=O) groups excluding carboxylic acids is 1. The van der Waals surface area contributed by atoms with Crippen LogP contribution in [0.25, 0.3) is 10.2 Å². The van der Waals surface area contributed by atoms with E-state index in [0.717, 1.165) is 35.3 Å². The SMILES string of the molecule is CC(=O)CCn1c(C(C)C)nc2sc3c(c2c1=O)CCC(C)C3. The smallest absolute Gasteiger partial charge is 0.262 e. The highest BCUT2D eigenvalue weighted by Gasteiger charge is 2.25. The first kappa shape index (κ1) is 16.4. The lowest BCUT2D eigenvalue weighted by atomic mass is 9.89. The first-order valence-corrected chi connectivity index (χ1v) is 9.24. The molecule has 5 heteroatoms. The van der Waals surface area contributed by atoms with Crippen molar-refractivity contribution >= 4 is 27.3 Å². The molecule has 124 valence electrons. The molecule has 0 N–H and O–H groups in total. The van der Waals surface area contributed by atoms with E-state index < -0.39 is 0 Å². The summed E-state index contributed by atoms with van der Waals surface area (Å²) in [4.78, 5) is 31.5. The molecule has 0 saturated carbocycles. The van der Waals surface area contributed by atoms with E-state index in [4.69, 9.17) is 4.98 Å². The van der Waals surface area contributed by atoms with Gasteiger partial charge in [0.05, 0.1) is 5.39 Å². The number of hydrogen-bond acceptors (Lipinski definition) is 4. The predicted octanol–water partition coefficient (Wildman–Crippen LogP) is 3.69. The molecule has 4 nitrogen and oxygen atoms in total. The molecule has 1 aliphatic rings. The van der Waals surface area contributed by atoms with Crippen molar-refractivity contribution in [1.29, 1.82) is 0 Å². The highest BCUT2D eigenvalue weighted by atomic mass is 32.1. The Balaban J connectivity index is 2.20. The van der Waals surface area contributed by atoms with Gasteiger partial charge in [-0.05, 0) is 37.7 Å². The largest absolute Gasteiger partial charge is 0.300 e. The van der Waals surface area contributed by atoms with Gasteiger partial charge in [-0.25, -0.2) is 4.98 Å². The first-order chi connectivity index (χ1) is 10.9. The summed E-state index contributed by atoms with van der Waals surface area (Å²) in [7, 11) is 0. The van der Waals surface area contributed by atoms with Crippen molar-refractivity contribution in [2.24, 2.45) is 5.92 Å². The van der Waals surface area contributed by atoms with Gasteiger partial charge >= 0.3 is 0 Å². The number of carbonyl (C=O) groups is 1. The maximum absolute atomic E-state index is 13.1. The number of ketones is 1. The van der Waals surface area contributed by atoms with Gasteiger partial charge in [0.15, 0.2) is 0 Å². The zero-order valence-electron chi connectivity index (χ0n) is 14.3. The maximum atomic E-state index is 13.1. The summed E-state index contributed by atoms with van der Waals surface area (Å²) in [5.74, 6) is 1.75. The predicted molar refractivity (Wildman–Crippen MR) is 94.5 cm³/mol. The van der Waals surface area contributed by atoms with Crippen LogP contribution in [0.4, 0.5) is 0 Å². The standard InChI is InChI=1S/C18H24N2O2S/c1-10(2)16-19-17-15(18(22)20(16)8-7-12(4)21)13-6-5-11(3)9-14(13)23-17/h10-11H,5-9H2,1-4H3. The van der Waals surface area contributed by atoms with Gasteiger partial charge in [-0.2, -0.15) is 0 Å². The summed E-state index contributed by atoms with van der Waals surface area (Å²) in [5, 5.41) is 0.810. The number of nitrogens with zero attached hydrogens (tertiary/aromatic N) is 2. The van der Waals surface area contributed by atoms with E-state index in [0.29, 0.717) is 18.9 Å². The van der Waals surface area contributed by atoms with Crippen LogP contribution in [0.1, 0.15) is 62.7 Å². The fourth-order valence-corrected chi connectivity index (χ4v) is 4.75. The Morgan fingerprint density at radius 1 is 1.43 bits per heavy atom. The number of fused-ring (bicyclic) bond motifs is 3. The van der Waals surface area contributed by atoms with E-state index in [1.54, 1.807) is 22.8 Å². The lowest BCUT2D eigenvalue weighted by Crippen LogP contribution is -2.27. The average Bonchev–Trinajstić information content (AvgIpc) is 2.83. The summed E-state index contributed by atoms with van der Waals surface area (Å²) in [6, 6.07) is 0. The van der Waals surface area contributed by atoms with Crippen molar-refractivity contribution in [2.75, 3.05) is 0 Å². The van der Waals surface area contributed by atoms with Crippen LogP contribution in [-0.4, -0.2) is 15.3 Å². The molecule has 2 aromatic heterocycles. The number of aryl methyl sites for hydroxylation is 1. The fourth-order valence-electron chi connectivity index (χ4n) is 3.37. The fraction of sp³-hybridized carbons (Fsp3) is 0.611. The second-order valence-electron chi connectivity index (χ2n) is 7.07. The summed E-state index contributed by atoms with van der Waals surface area (Å²) in [5.41, 5.74) is 1.26. The first-order valence-electron chi connectivity index (χ1n) is 8.43. The van der Waals surface area contributed by atoms with E-state index in [2.05, 4.69) is 6.92 Å². The molecule has 3 rings (SSSR count). The molecule has 23 heavy (non-hydrogen) atoms. The van der Waals surface area contributed by atoms with Crippen molar-refractivity contribution in [3.63, 3.8) is 0 Å². The number of hydrogen-bond donors (Lipinski definition) is 0. The Hall–Kier alpha value is -1.49. The number of Topliss-reactive ketones (excluding diaryl/α,β-unsaturated/α-hetero) is 1. The zero-order valence-corrected chi connectivity index (χ0v) is 15.1. The molecule has 0 radical (unpaired) electrons.